The topological polar surface area (TPSA) is 104 Å². The van der Waals surface area contributed by atoms with Crippen molar-refractivity contribution in [1.29, 1.82) is 0 Å². The van der Waals surface area contributed by atoms with Crippen molar-refractivity contribution < 1.29 is 33.3 Å². The zero-order chi connectivity index (χ0) is 17.8. The van der Waals surface area contributed by atoms with E-state index in [1.165, 1.54) is 24.3 Å². The van der Waals surface area contributed by atoms with Gasteiger partial charge in [0.15, 0.2) is 34.2 Å². The Kier molecular flexibility index (Phi) is 2.90. The molecule has 0 aliphatic carbocycles. The maximum atomic E-state index is 12.8. The number of hydrogen-bond donors (Lipinski definition) is 1. The first-order valence-electron chi connectivity index (χ1n) is 7.65. The smallest absolute Gasteiger partial charge is 0.232 e. The quantitative estimate of drug-likeness (QED) is 0.698. The van der Waals surface area contributed by atoms with Crippen LogP contribution in [0.4, 0.5) is 0 Å². The highest BCUT2D eigenvalue weighted by Gasteiger charge is 2.27. The fourth-order valence-corrected chi connectivity index (χ4v) is 2.94. The van der Waals surface area contributed by atoms with E-state index in [0.717, 1.165) is 6.07 Å². The molecule has 2 aliphatic rings. The first-order valence-corrected chi connectivity index (χ1v) is 7.65. The fourth-order valence-electron chi connectivity index (χ4n) is 2.94. The van der Waals surface area contributed by atoms with Gasteiger partial charge in [0.2, 0.25) is 25.1 Å². The first-order chi connectivity index (χ1) is 12.6. The molecule has 2 bridgehead atoms. The summed E-state index contributed by atoms with van der Waals surface area (Å²) in [6.07, 6.45) is 0. The maximum Gasteiger partial charge on any atom is 0.232 e. The lowest BCUT2D eigenvalue weighted by Crippen LogP contribution is -2.15. The molecule has 130 valence electrons. The molecule has 0 fully saturated rings. The lowest BCUT2D eigenvalue weighted by Gasteiger charge is -2.20. The summed E-state index contributed by atoms with van der Waals surface area (Å²) in [7, 11) is 0. The third-order valence-electron chi connectivity index (χ3n) is 4.20. The average Bonchev–Trinajstić information content (AvgIpc) is 3.07. The molecule has 1 aromatic heterocycles. The minimum absolute atomic E-state index is 0.00724. The predicted octanol–water partition coefficient (Wildman–Crippen LogP) is 2.19. The minimum Gasteiger partial charge on any atom is -0.502 e. The largest absolute Gasteiger partial charge is 0.502 e. The lowest BCUT2D eigenvalue weighted by atomic mass is 10.0. The molecule has 0 spiro atoms. The summed E-state index contributed by atoms with van der Waals surface area (Å²) in [6.45, 7) is -0.0684. The van der Waals surface area contributed by atoms with Crippen LogP contribution in [0.1, 0.15) is 16.1 Å². The minimum atomic E-state index is -0.597. The SMILES string of the molecule is O=C(c1cc(=O)c2cc3c(cc2o1)OCO3)c1ccc2c(O)c1OCO2. The van der Waals surface area contributed by atoms with Crippen molar-refractivity contribution in [3.05, 3.63) is 51.9 Å². The number of aromatic hydroxyl groups is 1. The first kappa shape index (κ1) is 14.6. The van der Waals surface area contributed by atoms with Crippen LogP contribution in [0.2, 0.25) is 0 Å². The summed E-state index contributed by atoms with van der Waals surface area (Å²) in [5, 5.41) is 10.3. The van der Waals surface area contributed by atoms with Crippen molar-refractivity contribution in [2.75, 3.05) is 13.6 Å². The molecule has 3 aromatic rings. The van der Waals surface area contributed by atoms with Crippen molar-refractivity contribution in [3.8, 4) is 28.7 Å². The average molecular weight is 354 g/mol. The molecule has 5 rings (SSSR count). The zero-order valence-electron chi connectivity index (χ0n) is 13.1. The molecule has 0 atom stereocenters. The van der Waals surface area contributed by atoms with Crippen LogP contribution in [0, 0.1) is 0 Å². The number of carbonyl (C=O) groups excluding carboxylic acids is 1. The van der Waals surface area contributed by atoms with Gasteiger partial charge in [-0.25, -0.2) is 0 Å². The third kappa shape index (κ3) is 2.02. The molecule has 2 aliphatic heterocycles. The molecule has 8 heteroatoms. The van der Waals surface area contributed by atoms with Gasteiger partial charge in [0.25, 0.3) is 0 Å². The number of rotatable bonds is 2. The van der Waals surface area contributed by atoms with Crippen LogP contribution in [0.3, 0.4) is 0 Å². The Labute approximate surface area is 145 Å². The Bertz CT molecular complexity index is 1140. The van der Waals surface area contributed by atoms with Gasteiger partial charge >= 0.3 is 0 Å². The van der Waals surface area contributed by atoms with Gasteiger partial charge in [-0.3, -0.25) is 9.59 Å². The van der Waals surface area contributed by atoms with Crippen LogP contribution in [-0.4, -0.2) is 24.5 Å². The van der Waals surface area contributed by atoms with Crippen molar-refractivity contribution in [1.82, 2.24) is 0 Å². The number of hydrogen-bond acceptors (Lipinski definition) is 8. The number of benzene rings is 2. The molecule has 0 saturated carbocycles. The van der Waals surface area contributed by atoms with E-state index in [2.05, 4.69) is 0 Å². The van der Waals surface area contributed by atoms with Gasteiger partial charge in [-0.05, 0) is 18.2 Å². The second-order valence-electron chi connectivity index (χ2n) is 5.70. The number of phenols is 1. The van der Waals surface area contributed by atoms with E-state index in [4.69, 9.17) is 23.4 Å². The molecule has 0 amide bonds. The van der Waals surface area contributed by atoms with Crippen LogP contribution in [0.5, 0.6) is 28.7 Å². The summed E-state index contributed by atoms with van der Waals surface area (Å²) in [5.74, 6) is 0.0431. The lowest BCUT2D eigenvalue weighted by molar-refractivity contribution is 0.0882. The number of fused-ring (bicyclic) bond motifs is 4. The van der Waals surface area contributed by atoms with Gasteiger partial charge in [-0.15, -0.1) is 0 Å². The number of phenolic OH excluding ortho intramolecular Hbond substituents is 1. The number of carbonyl (C=O) groups is 1. The summed E-state index contributed by atoms with van der Waals surface area (Å²) in [4.78, 5) is 25.2. The van der Waals surface area contributed by atoms with E-state index in [9.17, 15) is 14.7 Å². The monoisotopic (exact) mass is 354 g/mol. The molecule has 26 heavy (non-hydrogen) atoms. The van der Waals surface area contributed by atoms with E-state index >= 15 is 0 Å². The van der Waals surface area contributed by atoms with Crippen LogP contribution in [0.25, 0.3) is 11.0 Å². The van der Waals surface area contributed by atoms with Gasteiger partial charge in [0.1, 0.15) is 5.58 Å². The molecule has 3 heterocycles. The molecular weight excluding hydrogens is 344 g/mol. The fraction of sp³-hybridized carbons (Fsp3) is 0.111. The van der Waals surface area contributed by atoms with Gasteiger partial charge in [-0.1, -0.05) is 0 Å². The molecular formula is C18H10O8. The maximum absolute atomic E-state index is 12.8. The molecule has 0 unspecified atom stereocenters. The summed E-state index contributed by atoms with van der Waals surface area (Å²) in [6, 6.07) is 7.01. The highest BCUT2D eigenvalue weighted by molar-refractivity contribution is 6.10. The Balaban J connectivity index is 1.66. The molecule has 2 aromatic carbocycles. The molecule has 0 radical (unpaired) electrons. The second-order valence-corrected chi connectivity index (χ2v) is 5.70. The molecule has 0 saturated heterocycles. The highest BCUT2D eigenvalue weighted by Crippen LogP contribution is 2.42. The van der Waals surface area contributed by atoms with Crippen LogP contribution >= 0.6 is 0 Å². The van der Waals surface area contributed by atoms with Crippen molar-refractivity contribution >= 4 is 16.8 Å². The van der Waals surface area contributed by atoms with Gasteiger partial charge in [0, 0.05) is 12.1 Å². The Morgan fingerprint density at radius 3 is 2.50 bits per heavy atom. The normalized spacial score (nSPS) is 14.0. The van der Waals surface area contributed by atoms with Gasteiger partial charge < -0.3 is 28.5 Å². The van der Waals surface area contributed by atoms with E-state index in [1.807, 2.05) is 0 Å². The van der Waals surface area contributed by atoms with E-state index in [1.54, 1.807) is 0 Å². The number of ether oxygens (including phenoxy) is 4. The Morgan fingerprint density at radius 1 is 0.923 bits per heavy atom. The van der Waals surface area contributed by atoms with Gasteiger partial charge in [0.05, 0.1) is 10.9 Å². The van der Waals surface area contributed by atoms with Crippen molar-refractivity contribution in [3.63, 3.8) is 0 Å². The van der Waals surface area contributed by atoms with Crippen LogP contribution in [-0.2, 0) is 0 Å². The van der Waals surface area contributed by atoms with E-state index in [-0.39, 0.29) is 53.1 Å². The highest BCUT2D eigenvalue weighted by atomic mass is 16.7. The van der Waals surface area contributed by atoms with E-state index < -0.39 is 11.2 Å². The Hall–Kier alpha value is -3.68. The summed E-state index contributed by atoms with van der Waals surface area (Å²) < 4.78 is 26.4. The van der Waals surface area contributed by atoms with E-state index in [0.29, 0.717) is 11.5 Å². The summed E-state index contributed by atoms with van der Waals surface area (Å²) >= 11 is 0. The number of ketones is 1. The van der Waals surface area contributed by atoms with Crippen molar-refractivity contribution in [2.45, 2.75) is 0 Å². The van der Waals surface area contributed by atoms with Crippen LogP contribution in [0.15, 0.2) is 39.5 Å². The second kappa shape index (κ2) is 5.16. The Morgan fingerprint density at radius 2 is 1.65 bits per heavy atom. The standard InChI is InChI=1S/C18H10O8/c19-10-4-15(26-12-5-14-13(3-9(10)12)23-6-24-14)16(20)8-1-2-11-17(21)18(8)25-7-22-11/h1-5,21H,6-7H2. The summed E-state index contributed by atoms with van der Waals surface area (Å²) in [5.41, 5.74) is -0.131. The van der Waals surface area contributed by atoms with Crippen molar-refractivity contribution in [2.24, 2.45) is 0 Å². The van der Waals surface area contributed by atoms with Gasteiger partial charge in [-0.2, -0.15) is 0 Å². The van der Waals surface area contributed by atoms with Crippen LogP contribution < -0.4 is 24.4 Å². The zero-order valence-corrected chi connectivity index (χ0v) is 13.1. The molecule has 1 N–H and O–H groups in total. The predicted molar refractivity (Wildman–Crippen MR) is 86.3 cm³/mol. The third-order valence-corrected chi connectivity index (χ3v) is 4.20. The molecule has 8 nitrogen and oxygen atoms in total.